The molecule has 1 spiro atoms. The summed E-state index contributed by atoms with van der Waals surface area (Å²) >= 11 is 0. The lowest BCUT2D eigenvalue weighted by Gasteiger charge is -2.41. The lowest BCUT2D eigenvalue weighted by molar-refractivity contribution is 0.0723. The third-order valence-corrected chi connectivity index (χ3v) is 6.23. The highest BCUT2D eigenvalue weighted by molar-refractivity contribution is 5.95. The number of hydrogen-bond donors (Lipinski definition) is 1. The molecule has 1 aliphatic heterocycles. The number of rotatable bonds is 6. The number of nitrogens with zero attached hydrogens (tertiary/aromatic N) is 3. The molecule has 7 heteroatoms. The Bertz CT molecular complexity index is 837. The molecule has 2 aromatic rings. The van der Waals surface area contributed by atoms with E-state index in [4.69, 9.17) is 14.5 Å². The SMILES string of the molecule is CCCc1nc(C2CN(C(=O)c3cc(OC)cc(OC)c3)CC23CCC3)n[nH]1. The molecule has 1 unspecified atom stereocenters. The number of H-pyrrole nitrogens is 1. The topological polar surface area (TPSA) is 80.3 Å². The molecule has 2 fully saturated rings. The number of aryl methyl sites for hydroxylation is 1. The molecule has 1 N–H and O–H groups in total. The van der Waals surface area contributed by atoms with E-state index in [9.17, 15) is 4.79 Å². The summed E-state index contributed by atoms with van der Waals surface area (Å²) < 4.78 is 10.6. The average molecular weight is 384 g/mol. The minimum Gasteiger partial charge on any atom is -0.497 e. The fourth-order valence-electron chi connectivity index (χ4n) is 4.54. The van der Waals surface area contributed by atoms with Gasteiger partial charge in [0.25, 0.3) is 5.91 Å². The van der Waals surface area contributed by atoms with E-state index >= 15 is 0 Å². The number of hydrogen-bond acceptors (Lipinski definition) is 5. The number of nitrogens with one attached hydrogen (secondary N) is 1. The van der Waals surface area contributed by atoms with Crippen LogP contribution in [0.4, 0.5) is 0 Å². The Morgan fingerprint density at radius 1 is 1.25 bits per heavy atom. The normalized spacial score (nSPS) is 20.2. The van der Waals surface area contributed by atoms with Gasteiger partial charge in [-0.3, -0.25) is 9.89 Å². The van der Waals surface area contributed by atoms with Crippen molar-refractivity contribution < 1.29 is 14.3 Å². The molecule has 1 atom stereocenters. The molecule has 1 aromatic heterocycles. The van der Waals surface area contributed by atoms with E-state index in [1.54, 1.807) is 32.4 Å². The summed E-state index contributed by atoms with van der Waals surface area (Å²) in [6.45, 7) is 3.55. The molecule has 0 bridgehead atoms. The van der Waals surface area contributed by atoms with Gasteiger partial charge in [-0.25, -0.2) is 4.98 Å². The van der Waals surface area contributed by atoms with Crippen LogP contribution < -0.4 is 9.47 Å². The fourth-order valence-corrected chi connectivity index (χ4v) is 4.54. The van der Waals surface area contributed by atoms with Crippen molar-refractivity contribution in [1.29, 1.82) is 0 Å². The second-order valence-electron chi connectivity index (χ2n) is 7.95. The van der Waals surface area contributed by atoms with Crippen molar-refractivity contribution in [3.63, 3.8) is 0 Å². The first-order valence-electron chi connectivity index (χ1n) is 10.0. The molecule has 1 aliphatic carbocycles. The maximum absolute atomic E-state index is 13.3. The highest BCUT2D eigenvalue weighted by Crippen LogP contribution is 2.55. The van der Waals surface area contributed by atoms with E-state index in [1.165, 1.54) is 6.42 Å². The van der Waals surface area contributed by atoms with E-state index in [1.807, 2.05) is 4.90 Å². The van der Waals surface area contributed by atoms with Crippen LogP contribution in [-0.4, -0.2) is 53.3 Å². The maximum atomic E-state index is 13.3. The molecule has 150 valence electrons. The van der Waals surface area contributed by atoms with Gasteiger partial charge >= 0.3 is 0 Å². The molecule has 0 radical (unpaired) electrons. The lowest BCUT2D eigenvalue weighted by atomic mass is 9.62. The smallest absolute Gasteiger partial charge is 0.254 e. The Morgan fingerprint density at radius 2 is 1.96 bits per heavy atom. The van der Waals surface area contributed by atoms with Gasteiger partial charge in [0.15, 0.2) is 5.82 Å². The number of likely N-dealkylation sites (tertiary alicyclic amines) is 1. The highest BCUT2D eigenvalue weighted by Gasteiger charge is 2.53. The number of carbonyl (C=O) groups excluding carboxylic acids is 1. The zero-order valence-electron chi connectivity index (χ0n) is 16.8. The number of aromatic amines is 1. The van der Waals surface area contributed by atoms with Gasteiger partial charge < -0.3 is 14.4 Å². The Balaban J connectivity index is 1.58. The van der Waals surface area contributed by atoms with Crippen LogP contribution in [0.15, 0.2) is 18.2 Å². The van der Waals surface area contributed by atoms with Gasteiger partial charge in [0.2, 0.25) is 0 Å². The molecule has 7 nitrogen and oxygen atoms in total. The quantitative estimate of drug-likeness (QED) is 0.827. The van der Waals surface area contributed by atoms with E-state index < -0.39 is 0 Å². The van der Waals surface area contributed by atoms with Gasteiger partial charge in [0.1, 0.15) is 17.3 Å². The van der Waals surface area contributed by atoms with Gasteiger partial charge in [0.05, 0.1) is 14.2 Å². The predicted octanol–water partition coefficient (Wildman–Crippen LogP) is 3.18. The van der Waals surface area contributed by atoms with E-state index in [0.717, 1.165) is 43.9 Å². The molecule has 1 amide bonds. The van der Waals surface area contributed by atoms with Gasteiger partial charge in [-0.15, -0.1) is 0 Å². The number of aromatic nitrogens is 3. The molecular weight excluding hydrogens is 356 g/mol. The summed E-state index contributed by atoms with van der Waals surface area (Å²) in [5.41, 5.74) is 0.706. The van der Waals surface area contributed by atoms with Crippen LogP contribution in [-0.2, 0) is 6.42 Å². The van der Waals surface area contributed by atoms with Crippen molar-refractivity contribution in [2.24, 2.45) is 5.41 Å². The van der Waals surface area contributed by atoms with Crippen LogP contribution in [0.2, 0.25) is 0 Å². The summed E-state index contributed by atoms with van der Waals surface area (Å²) in [5.74, 6) is 3.25. The Morgan fingerprint density at radius 3 is 2.54 bits per heavy atom. The summed E-state index contributed by atoms with van der Waals surface area (Å²) in [5, 5.41) is 7.58. The molecule has 2 aliphatic rings. The zero-order chi connectivity index (χ0) is 19.7. The van der Waals surface area contributed by atoms with E-state index in [2.05, 4.69) is 17.1 Å². The van der Waals surface area contributed by atoms with Crippen LogP contribution in [0.1, 0.15) is 60.5 Å². The third kappa shape index (κ3) is 3.23. The van der Waals surface area contributed by atoms with Crippen molar-refractivity contribution >= 4 is 5.91 Å². The molecule has 2 heterocycles. The molecule has 28 heavy (non-hydrogen) atoms. The second-order valence-corrected chi connectivity index (χ2v) is 7.95. The number of benzene rings is 1. The van der Waals surface area contributed by atoms with Crippen LogP contribution in [0, 0.1) is 5.41 Å². The van der Waals surface area contributed by atoms with Crippen molar-refractivity contribution in [2.75, 3.05) is 27.3 Å². The Kier molecular flexibility index (Phi) is 5.00. The van der Waals surface area contributed by atoms with Gasteiger partial charge in [0, 0.05) is 37.1 Å². The van der Waals surface area contributed by atoms with Crippen molar-refractivity contribution in [3.8, 4) is 11.5 Å². The van der Waals surface area contributed by atoms with Crippen LogP contribution in [0.25, 0.3) is 0 Å². The second kappa shape index (κ2) is 7.45. The molecule has 4 rings (SSSR count). The molecule has 1 aromatic carbocycles. The van der Waals surface area contributed by atoms with Crippen LogP contribution in [0.5, 0.6) is 11.5 Å². The van der Waals surface area contributed by atoms with Gasteiger partial charge in [-0.05, 0) is 36.8 Å². The summed E-state index contributed by atoms with van der Waals surface area (Å²) in [6, 6.07) is 5.33. The first-order chi connectivity index (χ1) is 13.6. The summed E-state index contributed by atoms with van der Waals surface area (Å²) in [6.07, 6.45) is 5.39. The number of carbonyl (C=O) groups is 1. The molecule has 1 saturated heterocycles. The minimum atomic E-state index is 0.00953. The zero-order valence-corrected chi connectivity index (χ0v) is 16.8. The van der Waals surface area contributed by atoms with E-state index in [-0.39, 0.29) is 17.2 Å². The Labute approximate surface area is 165 Å². The maximum Gasteiger partial charge on any atom is 0.254 e. The first kappa shape index (κ1) is 18.8. The average Bonchev–Trinajstić information content (AvgIpc) is 3.31. The largest absolute Gasteiger partial charge is 0.497 e. The molecular formula is C21H28N4O3. The fraction of sp³-hybridized carbons (Fsp3) is 0.571. The predicted molar refractivity (Wildman–Crippen MR) is 105 cm³/mol. The minimum absolute atomic E-state index is 0.00953. The molecule has 1 saturated carbocycles. The Hall–Kier alpha value is -2.57. The van der Waals surface area contributed by atoms with Crippen LogP contribution in [0.3, 0.4) is 0 Å². The summed E-state index contributed by atoms with van der Waals surface area (Å²) in [7, 11) is 3.19. The monoisotopic (exact) mass is 384 g/mol. The summed E-state index contributed by atoms with van der Waals surface area (Å²) in [4.78, 5) is 20.0. The van der Waals surface area contributed by atoms with Gasteiger partial charge in [-0.1, -0.05) is 13.3 Å². The third-order valence-electron chi connectivity index (χ3n) is 6.23. The number of ether oxygens (including phenoxy) is 2. The number of amides is 1. The highest BCUT2D eigenvalue weighted by atomic mass is 16.5. The van der Waals surface area contributed by atoms with Crippen molar-refractivity contribution in [2.45, 2.75) is 44.9 Å². The standard InChI is InChI=1S/C21H28N4O3/c1-4-6-18-22-19(24-23-18)17-12-25(13-21(17)7-5-8-21)20(26)14-9-15(27-2)11-16(10-14)28-3/h9-11,17H,4-8,12-13H2,1-3H3,(H,22,23,24). The van der Waals surface area contributed by atoms with E-state index in [0.29, 0.717) is 23.6 Å². The van der Waals surface area contributed by atoms with Gasteiger partial charge in [-0.2, -0.15) is 5.10 Å². The van der Waals surface area contributed by atoms with Crippen LogP contribution >= 0.6 is 0 Å². The number of methoxy groups -OCH3 is 2. The van der Waals surface area contributed by atoms with Crippen molar-refractivity contribution in [1.82, 2.24) is 20.1 Å². The lowest BCUT2D eigenvalue weighted by Crippen LogP contribution is -2.38. The first-order valence-corrected chi connectivity index (χ1v) is 10.0. The van der Waals surface area contributed by atoms with Crippen molar-refractivity contribution in [3.05, 3.63) is 35.4 Å².